The Bertz CT molecular complexity index is 646. The van der Waals surface area contributed by atoms with Crippen molar-refractivity contribution in [2.24, 2.45) is 7.05 Å². The van der Waals surface area contributed by atoms with Crippen molar-refractivity contribution in [3.05, 3.63) is 52.8 Å². The molecule has 0 aliphatic rings. The van der Waals surface area contributed by atoms with E-state index in [0.29, 0.717) is 6.42 Å². The van der Waals surface area contributed by atoms with Crippen LogP contribution in [0.2, 0.25) is 0 Å². The highest BCUT2D eigenvalue weighted by atomic mass is 16.2. The van der Waals surface area contributed by atoms with Crippen LogP contribution >= 0.6 is 0 Å². The molecule has 0 saturated carbocycles. The van der Waals surface area contributed by atoms with E-state index < -0.39 is 0 Å². The Morgan fingerprint density at radius 2 is 1.87 bits per heavy atom. The van der Waals surface area contributed by atoms with Gasteiger partial charge in [0.25, 0.3) is 0 Å². The Kier molecular flexibility index (Phi) is 5.97. The standard InChI is InChI=1S/C19H27N3O/c1-5-22(14-13-17-9-7-6-8-10-17)19(23)12-11-18-15(2)20-21(4)16(18)3/h6-10H,5,11-14H2,1-4H3. The fraction of sp³-hybridized carbons (Fsp3) is 0.474. The van der Waals surface area contributed by atoms with Crippen molar-refractivity contribution in [1.29, 1.82) is 0 Å². The molecule has 4 nitrogen and oxygen atoms in total. The van der Waals surface area contributed by atoms with E-state index in [2.05, 4.69) is 24.2 Å². The molecule has 1 aromatic carbocycles. The molecule has 0 spiro atoms. The molecule has 1 amide bonds. The zero-order chi connectivity index (χ0) is 16.8. The molecule has 0 saturated heterocycles. The molecule has 2 rings (SSSR count). The summed E-state index contributed by atoms with van der Waals surface area (Å²) in [6.45, 7) is 7.66. The summed E-state index contributed by atoms with van der Waals surface area (Å²) >= 11 is 0. The Morgan fingerprint density at radius 1 is 1.17 bits per heavy atom. The lowest BCUT2D eigenvalue weighted by Gasteiger charge is -2.21. The van der Waals surface area contributed by atoms with Gasteiger partial charge in [-0.2, -0.15) is 5.10 Å². The van der Waals surface area contributed by atoms with Crippen molar-refractivity contribution in [2.45, 2.75) is 40.0 Å². The molecule has 23 heavy (non-hydrogen) atoms. The van der Waals surface area contributed by atoms with E-state index in [1.165, 1.54) is 11.1 Å². The van der Waals surface area contributed by atoms with Crippen LogP contribution < -0.4 is 0 Å². The van der Waals surface area contributed by atoms with Crippen molar-refractivity contribution in [3.63, 3.8) is 0 Å². The summed E-state index contributed by atoms with van der Waals surface area (Å²) in [5.41, 5.74) is 4.67. The van der Waals surface area contributed by atoms with Gasteiger partial charge in [-0.15, -0.1) is 0 Å². The van der Waals surface area contributed by atoms with E-state index in [1.807, 2.05) is 48.7 Å². The van der Waals surface area contributed by atoms with Crippen molar-refractivity contribution in [1.82, 2.24) is 14.7 Å². The van der Waals surface area contributed by atoms with Gasteiger partial charge in [0.2, 0.25) is 5.91 Å². The highest BCUT2D eigenvalue weighted by molar-refractivity contribution is 5.76. The molecule has 0 fully saturated rings. The number of hydrogen-bond acceptors (Lipinski definition) is 2. The highest BCUT2D eigenvalue weighted by Gasteiger charge is 2.15. The molecule has 0 radical (unpaired) electrons. The topological polar surface area (TPSA) is 38.1 Å². The zero-order valence-electron chi connectivity index (χ0n) is 14.7. The Morgan fingerprint density at radius 3 is 2.43 bits per heavy atom. The van der Waals surface area contributed by atoms with Gasteiger partial charge in [-0.1, -0.05) is 30.3 Å². The number of aromatic nitrogens is 2. The van der Waals surface area contributed by atoms with E-state index in [4.69, 9.17) is 0 Å². The number of carbonyl (C=O) groups is 1. The van der Waals surface area contributed by atoms with Crippen LogP contribution in [0.4, 0.5) is 0 Å². The van der Waals surface area contributed by atoms with E-state index >= 15 is 0 Å². The van der Waals surface area contributed by atoms with Gasteiger partial charge in [0.1, 0.15) is 0 Å². The quantitative estimate of drug-likeness (QED) is 0.788. The molecule has 0 unspecified atom stereocenters. The van der Waals surface area contributed by atoms with Crippen molar-refractivity contribution in [3.8, 4) is 0 Å². The predicted octanol–water partition coefficient (Wildman–Crippen LogP) is 3.06. The number of hydrogen-bond donors (Lipinski definition) is 0. The minimum absolute atomic E-state index is 0.228. The monoisotopic (exact) mass is 313 g/mol. The minimum atomic E-state index is 0.228. The molecule has 0 bridgehead atoms. The van der Waals surface area contributed by atoms with Gasteiger partial charge in [0.15, 0.2) is 0 Å². The smallest absolute Gasteiger partial charge is 0.222 e. The summed E-state index contributed by atoms with van der Waals surface area (Å²) in [5.74, 6) is 0.228. The number of benzene rings is 1. The van der Waals surface area contributed by atoms with Crippen LogP contribution in [-0.4, -0.2) is 33.7 Å². The second kappa shape index (κ2) is 7.95. The lowest BCUT2D eigenvalue weighted by Crippen LogP contribution is -2.32. The average Bonchev–Trinajstić information content (AvgIpc) is 2.79. The molecule has 0 aliphatic carbocycles. The molecule has 4 heteroatoms. The summed E-state index contributed by atoms with van der Waals surface area (Å²) in [5, 5.41) is 4.42. The molecule has 0 atom stereocenters. The Balaban J connectivity index is 1.90. The second-order valence-corrected chi connectivity index (χ2v) is 5.98. The summed E-state index contributed by atoms with van der Waals surface area (Å²) in [6, 6.07) is 10.3. The first kappa shape index (κ1) is 17.3. The first-order valence-electron chi connectivity index (χ1n) is 8.33. The summed E-state index contributed by atoms with van der Waals surface area (Å²) < 4.78 is 1.89. The second-order valence-electron chi connectivity index (χ2n) is 5.98. The van der Waals surface area contributed by atoms with Gasteiger partial charge >= 0.3 is 0 Å². The fourth-order valence-electron chi connectivity index (χ4n) is 2.94. The predicted molar refractivity (Wildman–Crippen MR) is 93.4 cm³/mol. The van der Waals surface area contributed by atoms with Gasteiger partial charge < -0.3 is 4.90 Å². The third-order valence-electron chi connectivity index (χ3n) is 4.50. The lowest BCUT2D eigenvalue weighted by atomic mass is 10.1. The molecular weight excluding hydrogens is 286 g/mol. The van der Waals surface area contributed by atoms with Gasteiger partial charge in [-0.25, -0.2) is 0 Å². The number of amides is 1. The normalized spacial score (nSPS) is 10.8. The minimum Gasteiger partial charge on any atom is -0.343 e. The van der Waals surface area contributed by atoms with Gasteiger partial charge in [-0.3, -0.25) is 9.48 Å². The molecule has 2 aromatic rings. The Hall–Kier alpha value is -2.10. The SMILES string of the molecule is CCN(CCc1ccccc1)C(=O)CCc1c(C)nn(C)c1C. The van der Waals surface area contributed by atoms with Crippen LogP contribution in [0.1, 0.15) is 35.9 Å². The molecule has 0 aliphatic heterocycles. The van der Waals surface area contributed by atoms with Crippen molar-refractivity contribution < 1.29 is 4.79 Å². The van der Waals surface area contributed by atoms with Crippen LogP contribution in [-0.2, 0) is 24.7 Å². The number of carbonyl (C=O) groups excluding carboxylic acids is 1. The zero-order valence-corrected chi connectivity index (χ0v) is 14.7. The van der Waals surface area contributed by atoms with E-state index in [0.717, 1.165) is 37.3 Å². The third kappa shape index (κ3) is 4.44. The van der Waals surface area contributed by atoms with Crippen LogP contribution in [0.25, 0.3) is 0 Å². The van der Waals surface area contributed by atoms with Gasteiger partial charge in [0, 0.05) is 32.3 Å². The largest absolute Gasteiger partial charge is 0.343 e. The third-order valence-corrected chi connectivity index (χ3v) is 4.50. The van der Waals surface area contributed by atoms with Crippen LogP contribution in [0.15, 0.2) is 30.3 Å². The summed E-state index contributed by atoms with van der Waals surface area (Å²) in [7, 11) is 1.95. The molecule has 124 valence electrons. The van der Waals surface area contributed by atoms with Gasteiger partial charge in [-0.05, 0) is 44.7 Å². The first-order chi connectivity index (χ1) is 11.0. The maximum absolute atomic E-state index is 12.5. The van der Waals surface area contributed by atoms with E-state index in [9.17, 15) is 4.79 Å². The van der Waals surface area contributed by atoms with Crippen molar-refractivity contribution >= 4 is 5.91 Å². The van der Waals surface area contributed by atoms with E-state index in [1.54, 1.807) is 0 Å². The maximum Gasteiger partial charge on any atom is 0.222 e. The number of nitrogens with zero attached hydrogens (tertiary/aromatic N) is 3. The van der Waals surface area contributed by atoms with Gasteiger partial charge in [0.05, 0.1) is 5.69 Å². The molecular formula is C19H27N3O. The number of likely N-dealkylation sites (N-methyl/N-ethyl adjacent to an activating group) is 1. The average molecular weight is 313 g/mol. The molecule has 1 heterocycles. The molecule has 1 aromatic heterocycles. The number of aryl methyl sites for hydroxylation is 2. The highest BCUT2D eigenvalue weighted by Crippen LogP contribution is 2.15. The lowest BCUT2D eigenvalue weighted by molar-refractivity contribution is -0.130. The van der Waals surface area contributed by atoms with E-state index in [-0.39, 0.29) is 5.91 Å². The number of rotatable bonds is 7. The summed E-state index contributed by atoms with van der Waals surface area (Å²) in [6.07, 6.45) is 2.23. The fourth-order valence-corrected chi connectivity index (χ4v) is 2.94. The Labute approximate surface area is 139 Å². The van der Waals surface area contributed by atoms with Crippen LogP contribution in [0.3, 0.4) is 0 Å². The maximum atomic E-state index is 12.5. The molecule has 0 N–H and O–H groups in total. The van der Waals surface area contributed by atoms with Crippen molar-refractivity contribution in [2.75, 3.05) is 13.1 Å². The van der Waals surface area contributed by atoms with Crippen LogP contribution in [0, 0.1) is 13.8 Å². The van der Waals surface area contributed by atoms with Crippen LogP contribution in [0.5, 0.6) is 0 Å². The first-order valence-corrected chi connectivity index (χ1v) is 8.33. The summed E-state index contributed by atoms with van der Waals surface area (Å²) in [4.78, 5) is 14.4.